The first kappa shape index (κ1) is 6.23. The molecule has 2 atom stereocenters. The molecular weight excluding hydrogens is 150 g/mol. The van der Waals surface area contributed by atoms with Gasteiger partial charge in [-0.25, -0.2) is 0 Å². The quantitative estimate of drug-likeness (QED) is 0.608. The number of hydrogen-bond acceptors (Lipinski definition) is 1. The summed E-state index contributed by atoms with van der Waals surface area (Å²) in [5.74, 6) is 0.352. The molecule has 1 aliphatic heterocycles. The van der Waals surface area contributed by atoms with E-state index in [0.717, 1.165) is 6.42 Å². The summed E-state index contributed by atoms with van der Waals surface area (Å²) >= 11 is 0. The third-order valence-electron chi connectivity index (χ3n) is 2.85. The fourth-order valence-corrected chi connectivity index (χ4v) is 2.29. The minimum atomic E-state index is 0.145. The topological polar surface area (TPSA) is 29.1 Å². The van der Waals surface area contributed by atoms with E-state index in [-0.39, 0.29) is 11.8 Å². The average molecular weight is 159 g/mol. The third-order valence-corrected chi connectivity index (χ3v) is 2.85. The number of carbonyl (C=O) groups is 1. The monoisotopic (exact) mass is 159 g/mol. The lowest BCUT2D eigenvalue weighted by Crippen LogP contribution is -2.25. The minimum Gasteiger partial charge on any atom is -0.349 e. The lowest BCUT2D eigenvalue weighted by molar-refractivity contribution is -0.120. The Morgan fingerprint density at radius 1 is 1.25 bits per heavy atom. The molecule has 1 N–H and O–H groups in total. The van der Waals surface area contributed by atoms with E-state index in [0.29, 0.717) is 6.04 Å². The van der Waals surface area contributed by atoms with Crippen LogP contribution in [0.25, 0.3) is 0 Å². The normalized spacial score (nSPS) is 30.2. The number of hydrogen-bond donors (Lipinski definition) is 1. The molecule has 0 spiro atoms. The van der Waals surface area contributed by atoms with Gasteiger partial charge in [0.2, 0.25) is 5.91 Å². The van der Waals surface area contributed by atoms with Gasteiger partial charge in [0.05, 0.1) is 12.0 Å². The molecule has 2 unspecified atom stereocenters. The molecule has 12 heavy (non-hydrogen) atoms. The number of rotatable bonds is 0. The zero-order valence-electron chi connectivity index (χ0n) is 6.58. The highest BCUT2D eigenvalue weighted by atomic mass is 16.2. The number of fused-ring (bicyclic) bond motifs is 5. The summed E-state index contributed by atoms with van der Waals surface area (Å²) in [4.78, 5) is 11.3. The maximum Gasteiger partial charge on any atom is 0.228 e. The van der Waals surface area contributed by atoms with E-state index in [9.17, 15) is 4.79 Å². The second-order valence-corrected chi connectivity index (χ2v) is 3.48. The van der Waals surface area contributed by atoms with Crippen molar-refractivity contribution in [3.05, 3.63) is 35.4 Å². The van der Waals surface area contributed by atoms with E-state index in [1.165, 1.54) is 11.1 Å². The highest BCUT2D eigenvalue weighted by Gasteiger charge is 2.42. The summed E-state index contributed by atoms with van der Waals surface area (Å²) in [5, 5.41) is 2.97. The molecule has 2 aliphatic rings. The molecule has 2 heteroatoms. The molecule has 1 aliphatic carbocycles. The summed E-state index contributed by atoms with van der Waals surface area (Å²) in [6.07, 6.45) is 0.970. The predicted molar refractivity (Wildman–Crippen MR) is 44.7 cm³/mol. The Balaban J connectivity index is 2.23. The molecular formula is C10H9NO. The van der Waals surface area contributed by atoms with Crippen LogP contribution < -0.4 is 5.32 Å². The standard InChI is InChI=1S/C10H9NO/c12-10-8-5-9(11-10)7-4-2-1-3-6(7)8/h1-4,8-9H,5H2,(H,11,12). The molecule has 1 aromatic carbocycles. The first-order valence-corrected chi connectivity index (χ1v) is 4.25. The van der Waals surface area contributed by atoms with Crippen LogP contribution in [0.4, 0.5) is 0 Å². The van der Waals surface area contributed by atoms with Crippen molar-refractivity contribution in [1.82, 2.24) is 5.32 Å². The van der Waals surface area contributed by atoms with E-state index in [1.54, 1.807) is 0 Å². The van der Waals surface area contributed by atoms with E-state index in [4.69, 9.17) is 0 Å². The molecule has 1 fully saturated rings. The molecule has 0 saturated carbocycles. The summed E-state index contributed by atoms with van der Waals surface area (Å²) in [7, 11) is 0. The van der Waals surface area contributed by atoms with Gasteiger partial charge in [-0.2, -0.15) is 0 Å². The Morgan fingerprint density at radius 2 is 2.00 bits per heavy atom. The minimum absolute atomic E-state index is 0.145. The highest BCUT2D eigenvalue weighted by Crippen LogP contribution is 2.44. The molecule has 60 valence electrons. The van der Waals surface area contributed by atoms with E-state index < -0.39 is 0 Å². The van der Waals surface area contributed by atoms with Crippen LogP contribution in [-0.4, -0.2) is 5.91 Å². The van der Waals surface area contributed by atoms with Crippen LogP contribution >= 0.6 is 0 Å². The Bertz CT molecular complexity index is 359. The van der Waals surface area contributed by atoms with Crippen LogP contribution in [0.1, 0.15) is 29.5 Å². The van der Waals surface area contributed by atoms with Gasteiger partial charge in [0.1, 0.15) is 0 Å². The van der Waals surface area contributed by atoms with Crippen LogP contribution in [0.2, 0.25) is 0 Å². The van der Waals surface area contributed by atoms with Gasteiger partial charge in [-0.05, 0) is 17.5 Å². The zero-order valence-corrected chi connectivity index (χ0v) is 6.58. The highest BCUT2D eigenvalue weighted by molar-refractivity contribution is 5.89. The van der Waals surface area contributed by atoms with Gasteiger partial charge in [0.15, 0.2) is 0 Å². The van der Waals surface area contributed by atoms with E-state index >= 15 is 0 Å². The largest absolute Gasteiger partial charge is 0.349 e. The fraction of sp³-hybridized carbons (Fsp3) is 0.300. The lowest BCUT2D eigenvalue weighted by atomic mass is 10.00. The van der Waals surface area contributed by atoms with Crippen molar-refractivity contribution in [3.63, 3.8) is 0 Å². The van der Waals surface area contributed by atoms with Gasteiger partial charge in [-0.3, -0.25) is 4.79 Å². The fourth-order valence-electron chi connectivity index (χ4n) is 2.29. The van der Waals surface area contributed by atoms with Gasteiger partial charge >= 0.3 is 0 Å². The molecule has 2 nitrogen and oxygen atoms in total. The Hall–Kier alpha value is -1.31. The molecule has 1 amide bonds. The van der Waals surface area contributed by atoms with Crippen LogP contribution in [-0.2, 0) is 4.79 Å². The van der Waals surface area contributed by atoms with Gasteiger partial charge < -0.3 is 5.32 Å². The first-order valence-electron chi connectivity index (χ1n) is 4.25. The van der Waals surface area contributed by atoms with Crippen LogP contribution in [0.5, 0.6) is 0 Å². The molecule has 2 bridgehead atoms. The Labute approximate surface area is 70.6 Å². The molecule has 1 aromatic rings. The van der Waals surface area contributed by atoms with Crippen LogP contribution in [0.3, 0.4) is 0 Å². The zero-order chi connectivity index (χ0) is 8.13. The van der Waals surface area contributed by atoms with Crippen molar-refractivity contribution in [2.45, 2.75) is 18.4 Å². The van der Waals surface area contributed by atoms with Crippen LogP contribution in [0, 0.1) is 0 Å². The smallest absolute Gasteiger partial charge is 0.228 e. The second kappa shape index (κ2) is 1.89. The van der Waals surface area contributed by atoms with Crippen molar-refractivity contribution in [3.8, 4) is 0 Å². The first-order chi connectivity index (χ1) is 5.86. The summed E-state index contributed by atoms with van der Waals surface area (Å²) in [5.41, 5.74) is 2.56. The maximum absolute atomic E-state index is 11.3. The molecule has 3 rings (SSSR count). The van der Waals surface area contributed by atoms with Gasteiger partial charge in [0.25, 0.3) is 0 Å². The Morgan fingerprint density at radius 3 is 2.83 bits per heavy atom. The molecule has 0 aromatic heterocycles. The number of amides is 1. The average Bonchev–Trinajstić information content (AvgIpc) is 2.62. The summed E-state index contributed by atoms with van der Waals surface area (Å²) in [6, 6.07) is 8.52. The predicted octanol–water partition coefficient (Wildman–Crippen LogP) is 1.34. The van der Waals surface area contributed by atoms with Crippen LogP contribution in [0.15, 0.2) is 24.3 Å². The van der Waals surface area contributed by atoms with Gasteiger partial charge in [0, 0.05) is 0 Å². The third kappa shape index (κ3) is 0.583. The van der Waals surface area contributed by atoms with Crippen molar-refractivity contribution in [1.29, 1.82) is 0 Å². The molecule has 1 saturated heterocycles. The number of nitrogens with one attached hydrogen (secondary N) is 1. The van der Waals surface area contributed by atoms with E-state index in [2.05, 4.69) is 17.4 Å². The summed E-state index contributed by atoms with van der Waals surface area (Å²) < 4.78 is 0. The molecule has 1 heterocycles. The maximum atomic E-state index is 11.3. The van der Waals surface area contributed by atoms with Crippen molar-refractivity contribution in [2.24, 2.45) is 0 Å². The Kier molecular flexibility index (Phi) is 0.980. The second-order valence-electron chi connectivity index (χ2n) is 3.48. The lowest BCUT2D eigenvalue weighted by Gasteiger charge is -2.14. The number of carbonyl (C=O) groups excluding carboxylic acids is 1. The van der Waals surface area contributed by atoms with E-state index in [1.807, 2.05) is 12.1 Å². The van der Waals surface area contributed by atoms with Gasteiger partial charge in [-0.15, -0.1) is 0 Å². The SMILES string of the molecule is O=C1NC2CC1c1ccccc12. The number of benzene rings is 1. The molecule has 0 radical (unpaired) electrons. The van der Waals surface area contributed by atoms with Crippen molar-refractivity contribution < 1.29 is 4.79 Å². The van der Waals surface area contributed by atoms with Gasteiger partial charge in [-0.1, -0.05) is 24.3 Å². The van der Waals surface area contributed by atoms with Crippen molar-refractivity contribution in [2.75, 3.05) is 0 Å². The van der Waals surface area contributed by atoms with Crippen molar-refractivity contribution >= 4 is 5.91 Å². The summed E-state index contributed by atoms with van der Waals surface area (Å²) in [6.45, 7) is 0.